The molecule has 3 amide bonds. The van der Waals surface area contributed by atoms with Gasteiger partial charge in [0.2, 0.25) is 6.41 Å². The second-order valence-corrected chi connectivity index (χ2v) is 7.40. The first-order valence-electron chi connectivity index (χ1n) is 9.27. The zero-order chi connectivity index (χ0) is 22.5. The van der Waals surface area contributed by atoms with Gasteiger partial charge in [-0.3, -0.25) is 9.69 Å². The quantitative estimate of drug-likeness (QED) is 0.368. The average molecular weight is 431 g/mol. The molecule has 0 aliphatic carbocycles. The van der Waals surface area contributed by atoms with Crippen molar-refractivity contribution in [1.29, 1.82) is 0 Å². The van der Waals surface area contributed by atoms with Gasteiger partial charge in [0.05, 0.1) is 5.69 Å². The molecule has 1 N–H and O–H groups in total. The van der Waals surface area contributed by atoms with Crippen LogP contribution >= 0.6 is 11.6 Å². The van der Waals surface area contributed by atoms with E-state index in [1.165, 1.54) is 19.1 Å². The Kier molecular flexibility index (Phi) is 7.54. The predicted octanol–water partition coefficient (Wildman–Crippen LogP) is 5.60. The fourth-order valence-corrected chi connectivity index (χ4v) is 3.18. The lowest BCUT2D eigenvalue weighted by molar-refractivity contribution is -0.107. The van der Waals surface area contributed by atoms with Crippen molar-refractivity contribution < 1.29 is 19.1 Å². The summed E-state index contributed by atoms with van der Waals surface area (Å²) in [5.74, 6) is -0.841. The minimum atomic E-state index is -1.84. The van der Waals surface area contributed by atoms with E-state index in [9.17, 15) is 19.1 Å². The molecule has 1 atom stereocenters. The Morgan fingerprint density at radius 3 is 2.30 bits per heavy atom. The molecule has 0 aliphatic heterocycles. The molecule has 0 saturated heterocycles. The standard InChI is InChI=1S/C23H24ClFN2O3/c1-5-9-20(16(2)3)27(23(4,30)17-10-7-6-8-11-17)22(29)26(15-28)21-13-12-18(24)14-19(21)25/h5-15,30H,1-4H3/b9-5-. The van der Waals surface area contributed by atoms with Gasteiger partial charge >= 0.3 is 6.03 Å². The SMILES string of the molecule is C/C=C\C(=C(C)C)N(C(=O)N(C=O)c1ccc(Cl)cc1F)C(C)(O)c1ccccc1. The minimum absolute atomic E-state index is 0.126. The Balaban J connectivity index is 2.70. The molecule has 0 spiro atoms. The van der Waals surface area contributed by atoms with Gasteiger partial charge in [-0.2, -0.15) is 0 Å². The number of rotatable bonds is 6. The molecule has 0 heterocycles. The Morgan fingerprint density at radius 2 is 1.80 bits per heavy atom. The number of imide groups is 1. The number of hydrogen-bond donors (Lipinski definition) is 1. The van der Waals surface area contributed by atoms with Gasteiger partial charge < -0.3 is 5.11 Å². The van der Waals surface area contributed by atoms with Gasteiger partial charge in [-0.25, -0.2) is 14.1 Å². The van der Waals surface area contributed by atoms with Crippen molar-refractivity contribution in [3.05, 3.63) is 88.4 Å². The van der Waals surface area contributed by atoms with Crippen LogP contribution in [-0.4, -0.2) is 22.4 Å². The van der Waals surface area contributed by atoms with Gasteiger partial charge in [-0.1, -0.05) is 53.6 Å². The third-order valence-electron chi connectivity index (χ3n) is 4.51. The zero-order valence-corrected chi connectivity index (χ0v) is 18.0. The van der Waals surface area contributed by atoms with Gasteiger partial charge in [0, 0.05) is 16.3 Å². The highest BCUT2D eigenvalue weighted by Gasteiger charge is 2.40. The van der Waals surface area contributed by atoms with Gasteiger partial charge in [0.1, 0.15) is 5.82 Å². The normalized spacial score (nSPS) is 12.9. The number of carbonyl (C=O) groups excluding carboxylic acids is 2. The van der Waals surface area contributed by atoms with Crippen molar-refractivity contribution in [2.45, 2.75) is 33.4 Å². The first-order chi connectivity index (χ1) is 14.1. The van der Waals surface area contributed by atoms with Gasteiger partial charge in [0.25, 0.3) is 0 Å². The lowest BCUT2D eigenvalue weighted by Gasteiger charge is -2.40. The topological polar surface area (TPSA) is 60.9 Å². The number of nitrogens with zero attached hydrogens (tertiary/aromatic N) is 2. The summed E-state index contributed by atoms with van der Waals surface area (Å²) in [5, 5.41) is 11.6. The van der Waals surface area contributed by atoms with E-state index in [0.29, 0.717) is 21.7 Å². The van der Waals surface area contributed by atoms with Crippen LogP contribution in [0.25, 0.3) is 0 Å². The van der Waals surface area contributed by atoms with Crippen LogP contribution in [-0.2, 0) is 10.5 Å². The average Bonchev–Trinajstić information content (AvgIpc) is 2.70. The molecule has 30 heavy (non-hydrogen) atoms. The molecule has 7 heteroatoms. The van der Waals surface area contributed by atoms with Crippen LogP contribution in [0.5, 0.6) is 0 Å². The number of halogens is 2. The number of benzene rings is 2. The largest absolute Gasteiger partial charge is 0.367 e. The molecule has 1 unspecified atom stereocenters. The molecule has 2 aromatic carbocycles. The van der Waals surface area contributed by atoms with Crippen molar-refractivity contribution in [2.75, 3.05) is 4.90 Å². The van der Waals surface area contributed by atoms with Crippen LogP contribution < -0.4 is 4.90 Å². The van der Waals surface area contributed by atoms with Crippen molar-refractivity contribution in [1.82, 2.24) is 4.90 Å². The number of anilines is 1. The summed E-state index contributed by atoms with van der Waals surface area (Å²) in [4.78, 5) is 27.1. The van der Waals surface area contributed by atoms with Gasteiger partial charge in [-0.05, 0) is 52.0 Å². The van der Waals surface area contributed by atoms with Crippen LogP contribution in [0.2, 0.25) is 5.02 Å². The molecule has 0 radical (unpaired) electrons. The fourth-order valence-electron chi connectivity index (χ4n) is 3.02. The predicted molar refractivity (Wildman–Crippen MR) is 116 cm³/mol. The first kappa shape index (κ1) is 23.3. The van der Waals surface area contributed by atoms with E-state index in [4.69, 9.17) is 11.6 Å². The van der Waals surface area contributed by atoms with E-state index >= 15 is 0 Å². The van der Waals surface area contributed by atoms with Crippen LogP contribution in [0.15, 0.2) is 72.0 Å². The smallest absolute Gasteiger partial charge is 0.338 e. The fraction of sp³-hybridized carbons (Fsp3) is 0.217. The molecule has 0 aromatic heterocycles. The first-order valence-corrected chi connectivity index (χ1v) is 9.64. The molecule has 158 valence electrons. The maximum atomic E-state index is 14.5. The molecule has 0 bridgehead atoms. The highest BCUT2D eigenvalue weighted by molar-refractivity contribution is 6.30. The van der Waals surface area contributed by atoms with Crippen LogP contribution in [0.4, 0.5) is 14.9 Å². The minimum Gasteiger partial charge on any atom is -0.367 e. The number of hydrogen-bond acceptors (Lipinski definition) is 3. The Hall–Kier alpha value is -2.96. The van der Waals surface area contributed by atoms with Crippen LogP contribution in [0.3, 0.4) is 0 Å². The summed E-state index contributed by atoms with van der Waals surface area (Å²) in [7, 11) is 0. The van der Waals surface area contributed by atoms with Crippen molar-refractivity contribution in [2.24, 2.45) is 0 Å². The monoisotopic (exact) mass is 430 g/mol. The van der Waals surface area contributed by atoms with E-state index in [2.05, 4.69) is 0 Å². The van der Waals surface area contributed by atoms with Crippen molar-refractivity contribution in [3.8, 4) is 0 Å². The molecule has 0 aliphatic rings. The van der Waals surface area contributed by atoms with E-state index in [1.807, 2.05) is 0 Å². The number of carbonyl (C=O) groups is 2. The second kappa shape index (κ2) is 9.69. The Bertz CT molecular complexity index is 983. The van der Waals surface area contributed by atoms with Crippen molar-refractivity contribution >= 4 is 29.7 Å². The molecule has 2 rings (SSSR count). The molecule has 0 saturated carbocycles. The summed E-state index contributed by atoms with van der Waals surface area (Å²) in [5.41, 5.74) is -0.613. The lowest BCUT2D eigenvalue weighted by atomic mass is 10.0. The number of aliphatic hydroxyl groups is 1. The van der Waals surface area contributed by atoms with E-state index in [1.54, 1.807) is 63.3 Å². The second-order valence-electron chi connectivity index (χ2n) is 6.96. The maximum Gasteiger partial charge on any atom is 0.338 e. The van der Waals surface area contributed by atoms with E-state index in [0.717, 1.165) is 11.0 Å². The molecule has 0 fully saturated rings. The summed E-state index contributed by atoms with van der Waals surface area (Å²) in [6.07, 6.45) is 3.56. The third kappa shape index (κ3) is 4.78. The van der Waals surface area contributed by atoms with Crippen molar-refractivity contribution in [3.63, 3.8) is 0 Å². The molecular weight excluding hydrogens is 407 g/mol. The highest BCUT2D eigenvalue weighted by atomic mass is 35.5. The van der Waals surface area contributed by atoms with Crippen LogP contribution in [0, 0.1) is 5.82 Å². The van der Waals surface area contributed by atoms with E-state index < -0.39 is 17.6 Å². The maximum absolute atomic E-state index is 14.5. The van der Waals surface area contributed by atoms with Crippen LogP contribution in [0.1, 0.15) is 33.3 Å². The summed E-state index contributed by atoms with van der Waals surface area (Å²) in [6, 6.07) is 11.2. The number of urea groups is 1. The van der Waals surface area contributed by atoms with Gasteiger partial charge in [0.15, 0.2) is 5.72 Å². The summed E-state index contributed by atoms with van der Waals surface area (Å²) >= 11 is 5.79. The Labute approximate surface area is 180 Å². The molecule has 5 nitrogen and oxygen atoms in total. The summed E-state index contributed by atoms with van der Waals surface area (Å²) in [6.45, 7) is 6.74. The lowest BCUT2D eigenvalue weighted by Crippen LogP contribution is -2.52. The zero-order valence-electron chi connectivity index (χ0n) is 17.3. The molecular formula is C23H24ClFN2O3. The number of amides is 3. The number of allylic oxidation sites excluding steroid dienone is 3. The highest BCUT2D eigenvalue weighted by Crippen LogP contribution is 2.33. The van der Waals surface area contributed by atoms with E-state index in [-0.39, 0.29) is 17.1 Å². The Morgan fingerprint density at radius 1 is 1.17 bits per heavy atom. The summed E-state index contributed by atoms with van der Waals surface area (Å²) < 4.78 is 14.5. The molecule has 2 aromatic rings. The van der Waals surface area contributed by atoms with Gasteiger partial charge in [-0.15, -0.1) is 0 Å². The third-order valence-corrected chi connectivity index (χ3v) is 4.74.